The first kappa shape index (κ1) is 21.2. The number of aromatic amines is 1. The molecule has 2 heterocycles. The molecule has 1 aliphatic heterocycles. The van der Waals surface area contributed by atoms with Crippen molar-refractivity contribution in [1.82, 2.24) is 15.3 Å². The molecule has 1 unspecified atom stereocenters. The number of nitrogen functional groups attached to an aromatic ring is 1. The first-order chi connectivity index (χ1) is 17.7. The van der Waals surface area contributed by atoms with E-state index in [4.69, 9.17) is 5.73 Å². The van der Waals surface area contributed by atoms with Crippen LogP contribution in [0.15, 0.2) is 91.1 Å². The molecule has 1 atom stereocenters. The second-order valence-corrected chi connectivity index (χ2v) is 9.87. The fourth-order valence-electron chi connectivity index (χ4n) is 5.75. The van der Waals surface area contributed by atoms with E-state index >= 15 is 0 Å². The summed E-state index contributed by atoms with van der Waals surface area (Å²) >= 11 is 0. The molecule has 0 spiro atoms. The summed E-state index contributed by atoms with van der Waals surface area (Å²) in [4.78, 5) is 8.11. The smallest absolute Gasteiger partial charge is 0.123 e. The lowest BCUT2D eigenvalue weighted by molar-refractivity contribution is 0.613. The summed E-state index contributed by atoms with van der Waals surface area (Å²) < 4.78 is 0. The molecule has 4 heteroatoms. The zero-order chi connectivity index (χ0) is 24.1. The minimum absolute atomic E-state index is 0.353. The Morgan fingerprint density at radius 3 is 2.17 bits per heavy atom. The van der Waals surface area contributed by atoms with Crippen molar-refractivity contribution in [3.8, 4) is 44.6 Å². The summed E-state index contributed by atoms with van der Waals surface area (Å²) in [6, 6.07) is 30.8. The number of rotatable bonds is 4. The van der Waals surface area contributed by atoms with Gasteiger partial charge >= 0.3 is 0 Å². The first-order valence-electron chi connectivity index (χ1n) is 12.7. The highest BCUT2D eigenvalue weighted by atomic mass is 15.0. The maximum atomic E-state index is 6.70. The Hall–Kier alpha value is -4.15. The Morgan fingerprint density at radius 1 is 0.722 bits per heavy atom. The monoisotopic (exact) mass is 468 g/mol. The standard InChI is InChI=1S/C32H28N4/c33-31-26(15-16-27-25-5-2-1-4-24(25)18-28(27)31)22-11-7-20(8-12-22)21-9-13-23(14-10-21)30-19-35-32(36-30)29-6-3-17-34-29/h1-2,4-5,7-16,19,29,34H,3,6,17-18,33H2,(H,35,36). The maximum Gasteiger partial charge on any atom is 0.123 e. The lowest BCUT2D eigenvalue weighted by Gasteiger charge is -2.12. The highest BCUT2D eigenvalue weighted by molar-refractivity contribution is 5.89. The zero-order valence-corrected chi connectivity index (χ0v) is 20.1. The van der Waals surface area contributed by atoms with Crippen molar-refractivity contribution in [2.75, 3.05) is 12.3 Å². The summed E-state index contributed by atoms with van der Waals surface area (Å²) in [6.45, 7) is 1.07. The number of nitrogens with zero attached hydrogens (tertiary/aromatic N) is 1. The van der Waals surface area contributed by atoms with Gasteiger partial charge in [0.1, 0.15) is 5.82 Å². The van der Waals surface area contributed by atoms with Gasteiger partial charge in [-0.3, -0.25) is 0 Å². The topological polar surface area (TPSA) is 66.7 Å². The van der Waals surface area contributed by atoms with Gasteiger partial charge < -0.3 is 16.0 Å². The van der Waals surface area contributed by atoms with E-state index < -0.39 is 0 Å². The van der Waals surface area contributed by atoms with E-state index in [0.29, 0.717) is 6.04 Å². The van der Waals surface area contributed by atoms with Crippen LogP contribution in [0.1, 0.15) is 35.8 Å². The second-order valence-electron chi connectivity index (χ2n) is 9.87. The molecule has 36 heavy (non-hydrogen) atoms. The number of nitrogens with one attached hydrogen (secondary N) is 2. The van der Waals surface area contributed by atoms with Crippen LogP contribution in [0.3, 0.4) is 0 Å². The SMILES string of the molecule is Nc1c(-c2ccc(-c3ccc(-c4cnc(C5CCCN5)[nH]4)cc3)cc2)ccc2c1Cc1ccccc1-2. The van der Waals surface area contributed by atoms with Crippen molar-refractivity contribution in [3.63, 3.8) is 0 Å². The average molecular weight is 469 g/mol. The number of nitrogens with two attached hydrogens (primary N) is 1. The van der Waals surface area contributed by atoms with Crippen LogP contribution in [0.25, 0.3) is 44.6 Å². The zero-order valence-electron chi connectivity index (χ0n) is 20.1. The number of aromatic nitrogens is 2. The van der Waals surface area contributed by atoms with Crippen molar-refractivity contribution in [2.24, 2.45) is 0 Å². The number of fused-ring (bicyclic) bond motifs is 3. The van der Waals surface area contributed by atoms with Crippen molar-refractivity contribution in [1.29, 1.82) is 0 Å². The van der Waals surface area contributed by atoms with Crippen molar-refractivity contribution >= 4 is 5.69 Å². The first-order valence-corrected chi connectivity index (χ1v) is 12.7. The van der Waals surface area contributed by atoms with Crippen LogP contribution in [-0.4, -0.2) is 16.5 Å². The Morgan fingerprint density at radius 2 is 1.42 bits per heavy atom. The molecule has 7 rings (SSSR count). The molecular weight excluding hydrogens is 440 g/mol. The van der Waals surface area contributed by atoms with E-state index in [2.05, 4.69) is 100 Å². The number of hydrogen-bond donors (Lipinski definition) is 3. The molecule has 0 saturated carbocycles. The molecule has 1 aliphatic carbocycles. The predicted molar refractivity (Wildman–Crippen MR) is 148 cm³/mol. The van der Waals surface area contributed by atoms with Gasteiger partial charge in [0, 0.05) is 17.7 Å². The normalized spacial score (nSPS) is 16.2. The van der Waals surface area contributed by atoms with Gasteiger partial charge in [0.2, 0.25) is 0 Å². The van der Waals surface area contributed by atoms with Crippen LogP contribution in [0.5, 0.6) is 0 Å². The predicted octanol–water partition coefficient (Wildman–Crippen LogP) is 6.99. The van der Waals surface area contributed by atoms with E-state index in [-0.39, 0.29) is 0 Å². The Labute approximate surface area is 211 Å². The molecule has 1 aromatic heterocycles. The molecular formula is C32H28N4. The van der Waals surface area contributed by atoms with Gasteiger partial charge in [0.05, 0.1) is 17.9 Å². The van der Waals surface area contributed by atoms with Gasteiger partial charge in [-0.1, -0.05) is 84.9 Å². The van der Waals surface area contributed by atoms with Gasteiger partial charge in [-0.2, -0.15) is 0 Å². The fourth-order valence-corrected chi connectivity index (χ4v) is 5.75. The van der Waals surface area contributed by atoms with E-state index in [0.717, 1.165) is 53.3 Å². The number of hydrogen-bond acceptors (Lipinski definition) is 3. The lowest BCUT2D eigenvalue weighted by Crippen LogP contribution is -2.14. The maximum absolute atomic E-state index is 6.70. The van der Waals surface area contributed by atoms with E-state index in [1.807, 2.05) is 6.20 Å². The summed E-state index contributed by atoms with van der Waals surface area (Å²) in [5, 5.41) is 3.50. The van der Waals surface area contributed by atoms with Crippen molar-refractivity contribution in [2.45, 2.75) is 25.3 Å². The minimum Gasteiger partial charge on any atom is -0.398 e. The van der Waals surface area contributed by atoms with Gasteiger partial charge in [-0.05, 0) is 63.9 Å². The number of imidazole rings is 1. The molecule has 176 valence electrons. The Kier molecular flexibility index (Phi) is 5.00. The summed E-state index contributed by atoms with van der Waals surface area (Å²) in [7, 11) is 0. The van der Waals surface area contributed by atoms with Gasteiger partial charge in [0.15, 0.2) is 0 Å². The van der Waals surface area contributed by atoms with E-state index in [1.54, 1.807) is 0 Å². The quantitative estimate of drug-likeness (QED) is 0.244. The lowest BCUT2D eigenvalue weighted by atomic mass is 9.95. The molecule has 1 saturated heterocycles. The molecule has 4 aromatic carbocycles. The van der Waals surface area contributed by atoms with Crippen molar-refractivity contribution in [3.05, 3.63) is 108 Å². The third-order valence-corrected chi connectivity index (χ3v) is 7.74. The van der Waals surface area contributed by atoms with Gasteiger partial charge in [-0.15, -0.1) is 0 Å². The van der Waals surface area contributed by atoms with Crippen LogP contribution in [-0.2, 0) is 6.42 Å². The summed E-state index contributed by atoms with van der Waals surface area (Å²) in [6.07, 6.45) is 5.21. The number of benzene rings is 4. The summed E-state index contributed by atoms with van der Waals surface area (Å²) in [5.74, 6) is 1.04. The molecule has 0 radical (unpaired) electrons. The van der Waals surface area contributed by atoms with Crippen molar-refractivity contribution < 1.29 is 0 Å². The third-order valence-electron chi connectivity index (χ3n) is 7.74. The van der Waals surface area contributed by atoms with E-state index in [1.165, 1.54) is 39.8 Å². The largest absolute Gasteiger partial charge is 0.398 e. The van der Waals surface area contributed by atoms with Crippen LogP contribution in [0.4, 0.5) is 5.69 Å². The highest BCUT2D eigenvalue weighted by Crippen LogP contribution is 2.43. The molecule has 4 nitrogen and oxygen atoms in total. The minimum atomic E-state index is 0.353. The Balaban J connectivity index is 1.12. The average Bonchev–Trinajstić information content (AvgIpc) is 3.69. The van der Waals surface area contributed by atoms with Crippen LogP contribution < -0.4 is 11.1 Å². The summed E-state index contributed by atoms with van der Waals surface area (Å²) in [5.41, 5.74) is 19.6. The molecule has 1 fully saturated rings. The van der Waals surface area contributed by atoms with Crippen LogP contribution >= 0.6 is 0 Å². The van der Waals surface area contributed by atoms with E-state index in [9.17, 15) is 0 Å². The molecule has 0 bridgehead atoms. The fraction of sp³-hybridized carbons (Fsp3) is 0.156. The van der Waals surface area contributed by atoms with Crippen LogP contribution in [0.2, 0.25) is 0 Å². The Bertz CT molecular complexity index is 1560. The highest BCUT2D eigenvalue weighted by Gasteiger charge is 2.22. The molecule has 5 aromatic rings. The molecule has 0 amide bonds. The number of H-pyrrole nitrogens is 1. The molecule has 4 N–H and O–H groups in total. The third kappa shape index (κ3) is 3.53. The molecule has 2 aliphatic rings. The second kappa shape index (κ2) is 8.51. The van der Waals surface area contributed by atoms with Crippen LogP contribution in [0, 0.1) is 0 Å². The van der Waals surface area contributed by atoms with Gasteiger partial charge in [-0.25, -0.2) is 4.98 Å². The number of anilines is 1. The van der Waals surface area contributed by atoms with Gasteiger partial charge in [0.25, 0.3) is 0 Å².